The Morgan fingerprint density at radius 2 is 2.00 bits per heavy atom. The van der Waals surface area contributed by atoms with Crippen LogP contribution in [0.5, 0.6) is 0 Å². The van der Waals surface area contributed by atoms with Crippen molar-refractivity contribution in [2.75, 3.05) is 5.06 Å². The van der Waals surface area contributed by atoms with Gasteiger partial charge in [-0.3, -0.25) is 10.0 Å². The van der Waals surface area contributed by atoms with E-state index < -0.39 is 10.9 Å². The SMILES string of the molecule is O=C1Sc2ccccc2N(O)C=C1O. The topological polar surface area (TPSA) is 60.8 Å². The van der Waals surface area contributed by atoms with Crippen molar-refractivity contribution in [3.63, 3.8) is 0 Å². The molecule has 0 aliphatic carbocycles. The molecule has 14 heavy (non-hydrogen) atoms. The first-order valence-corrected chi connectivity index (χ1v) is 4.70. The average molecular weight is 209 g/mol. The summed E-state index contributed by atoms with van der Waals surface area (Å²) in [6.07, 6.45) is 0.987. The van der Waals surface area contributed by atoms with Crippen LogP contribution in [0.3, 0.4) is 0 Å². The summed E-state index contributed by atoms with van der Waals surface area (Å²) in [5.41, 5.74) is 0.481. The van der Waals surface area contributed by atoms with Gasteiger partial charge in [0, 0.05) is 4.90 Å². The molecule has 0 fully saturated rings. The highest BCUT2D eigenvalue weighted by atomic mass is 32.2. The summed E-state index contributed by atoms with van der Waals surface area (Å²) in [6.45, 7) is 0. The molecule has 1 aromatic carbocycles. The molecule has 2 rings (SSSR count). The third-order valence-corrected chi connectivity index (χ3v) is 2.73. The number of aliphatic hydroxyl groups is 1. The van der Waals surface area contributed by atoms with E-state index in [-0.39, 0.29) is 0 Å². The van der Waals surface area contributed by atoms with Crippen molar-refractivity contribution in [3.05, 3.63) is 36.2 Å². The third kappa shape index (κ3) is 1.47. The Bertz CT molecular complexity index is 416. The maximum Gasteiger partial charge on any atom is 0.260 e. The fourth-order valence-electron chi connectivity index (χ4n) is 1.12. The predicted octanol–water partition coefficient (Wildman–Crippen LogP) is 1.91. The number of benzene rings is 1. The highest BCUT2D eigenvalue weighted by Crippen LogP contribution is 2.33. The van der Waals surface area contributed by atoms with Gasteiger partial charge in [-0.05, 0) is 23.9 Å². The lowest BCUT2D eigenvalue weighted by Gasteiger charge is -2.11. The van der Waals surface area contributed by atoms with E-state index in [0.717, 1.165) is 23.0 Å². The molecule has 0 radical (unpaired) electrons. The van der Waals surface area contributed by atoms with Crippen molar-refractivity contribution in [1.82, 2.24) is 0 Å². The van der Waals surface area contributed by atoms with E-state index in [9.17, 15) is 15.1 Å². The first kappa shape index (κ1) is 9.11. The molecule has 0 atom stereocenters. The molecule has 0 saturated heterocycles. The molecule has 1 aliphatic rings. The number of hydroxylamine groups is 1. The number of hydrogen-bond acceptors (Lipinski definition) is 5. The number of rotatable bonds is 0. The molecule has 1 heterocycles. The van der Waals surface area contributed by atoms with Gasteiger partial charge >= 0.3 is 0 Å². The molecule has 0 spiro atoms. The Balaban J connectivity index is 2.53. The van der Waals surface area contributed by atoms with E-state index >= 15 is 0 Å². The van der Waals surface area contributed by atoms with Crippen molar-refractivity contribution < 1.29 is 15.1 Å². The number of fused-ring (bicyclic) bond motifs is 1. The summed E-state index contributed by atoms with van der Waals surface area (Å²) in [7, 11) is 0. The van der Waals surface area contributed by atoms with Gasteiger partial charge < -0.3 is 5.11 Å². The molecule has 1 aromatic rings. The van der Waals surface area contributed by atoms with Crippen molar-refractivity contribution >= 4 is 22.6 Å². The van der Waals surface area contributed by atoms with E-state index in [4.69, 9.17) is 0 Å². The zero-order chi connectivity index (χ0) is 10.1. The van der Waals surface area contributed by atoms with Gasteiger partial charge in [-0.2, -0.15) is 0 Å². The zero-order valence-corrected chi connectivity index (χ0v) is 7.86. The van der Waals surface area contributed by atoms with Crippen molar-refractivity contribution in [1.29, 1.82) is 0 Å². The minimum absolute atomic E-state index is 0.464. The number of hydrogen-bond donors (Lipinski definition) is 2. The van der Waals surface area contributed by atoms with E-state index in [1.54, 1.807) is 24.3 Å². The maximum atomic E-state index is 11.2. The summed E-state index contributed by atoms with van der Waals surface area (Å²) in [5.74, 6) is -0.464. The molecule has 0 amide bonds. The van der Waals surface area contributed by atoms with Crippen LogP contribution in [0.25, 0.3) is 0 Å². The number of anilines is 1. The van der Waals surface area contributed by atoms with E-state index in [1.807, 2.05) is 0 Å². The fourth-order valence-corrected chi connectivity index (χ4v) is 1.89. The molecule has 72 valence electrons. The quantitative estimate of drug-likeness (QED) is 0.683. The average Bonchev–Trinajstić information content (AvgIpc) is 2.27. The molecule has 0 aromatic heterocycles. The third-order valence-electron chi connectivity index (χ3n) is 1.77. The van der Waals surface area contributed by atoms with Gasteiger partial charge in [0.1, 0.15) is 0 Å². The van der Waals surface area contributed by atoms with Crippen LogP contribution in [0, 0.1) is 0 Å². The van der Waals surface area contributed by atoms with Gasteiger partial charge in [-0.15, -0.1) is 0 Å². The fraction of sp³-hybridized carbons (Fsp3) is 0. The van der Waals surface area contributed by atoms with E-state index in [2.05, 4.69) is 0 Å². The first-order chi connectivity index (χ1) is 6.68. The lowest BCUT2D eigenvalue weighted by atomic mass is 10.3. The molecule has 1 aliphatic heterocycles. The Morgan fingerprint density at radius 1 is 1.29 bits per heavy atom. The summed E-state index contributed by atoms with van der Waals surface area (Å²) >= 11 is 0.886. The second kappa shape index (κ2) is 3.36. The van der Waals surface area contributed by atoms with Gasteiger partial charge in [0.15, 0.2) is 5.76 Å². The molecular weight excluding hydrogens is 202 g/mol. The van der Waals surface area contributed by atoms with Crippen molar-refractivity contribution in [3.8, 4) is 0 Å². The van der Waals surface area contributed by atoms with Crippen LogP contribution in [-0.2, 0) is 4.79 Å². The van der Waals surface area contributed by atoms with Crippen LogP contribution in [0.2, 0.25) is 0 Å². The second-order valence-electron chi connectivity index (χ2n) is 2.72. The Labute approximate surface area is 84.4 Å². The highest BCUT2D eigenvalue weighted by Gasteiger charge is 2.20. The molecule has 0 bridgehead atoms. The maximum absolute atomic E-state index is 11.2. The molecule has 0 saturated carbocycles. The van der Waals surface area contributed by atoms with Gasteiger partial charge in [-0.25, -0.2) is 5.06 Å². The standard InChI is InChI=1S/C9H7NO3S/c11-7-5-10(13)6-3-1-2-4-8(6)14-9(7)12/h1-5,11,13H. The first-order valence-electron chi connectivity index (χ1n) is 3.88. The Kier molecular flexibility index (Phi) is 2.18. The van der Waals surface area contributed by atoms with Crippen molar-refractivity contribution in [2.45, 2.75) is 4.90 Å². The zero-order valence-electron chi connectivity index (χ0n) is 7.04. The summed E-state index contributed by atoms with van der Waals surface area (Å²) < 4.78 is 0. The summed E-state index contributed by atoms with van der Waals surface area (Å²) in [5, 5.41) is 18.9. The monoisotopic (exact) mass is 209 g/mol. The lowest BCUT2D eigenvalue weighted by molar-refractivity contribution is -0.110. The predicted molar refractivity (Wildman–Crippen MR) is 52.3 cm³/mol. The van der Waals surface area contributed by atoms with Crippen LogP contribution in [-0.4, -0.2) is 15.4 Å². The van der Waals surface area contributed by atoms with Gasteiger partial charge in [0.05, 0.1) is 11.9 Å². The van der Waals surface area contributed by atoms with E-state index in [1.165, 1.54) is 0 Å². The Hall–Kier alpha value is -1.46. The second-order valence-corrected chi connectivity index (χ2v) is 3.73. The number of thioether (sulfide) groups is 1. The number of para-hydroxylation sites is 1. The molecular formula is C9H7NO3S. The van der Waals surface area contributed by atoms with Crippen LogP contribution in [0.4, 0.5) is 5.69 Å². The number of nitrogens with zero attached hydrogens (tertiary/aromatic N) is 1. The van der Waals surface area contributed by atoms with Crippen LogP contribution < -0.4 is 5.06 Å². The number of aliphatic hydroxyl groups excluding tert-OH is 1. The molecule has 5 heteroatoms. The highest BCUT2D eigenvalue weighted by molar-refractivity contribution is 8.14. The minimum Gasteiger partial charge on any atom is -0.503 e. The number of carbonyl (C=O) groups is 1. The summed E-state index contributed by atoms with van der Waals surface area (Å²) in [6, 6.07) is 6.86. The van der Waals surface area contributed by atoms with Crippen LogP contribution >= 0.6 is 11.8 Å². The smallest absolute Gasteiger partial charge is 0.260 e. The molecule has 0 unspecified atom stereocenters. The summed E-state index contributed by atoms with van der Waals surface area (Å²) in [4.78, 5) is 11.8. The van der Waals surface area contributed by atoms with Crippen molar-refractivity contribution in [2.24, 2.45) is 0 Å². The van der Waals surface area contributed by atoms with Crippen LogP contribution in [0.15, 0.2) is 41.1 Å². The van der Waals surface area contributed by atoms with Crippen LogP contribution in [0.1, 0.15) is 0 Å². The van der Waals surface area contributed by atoms with Gasteiger partial charge in [0.25, 0.3) is 5.12 Å². The lowest BCUT2D eigenvalue weighted by Crippen LogP contribution is -2.10. The minimum atomic E-state index is -0.478. The van der Waals surface area contributed by atoms with Gasteiger partial charge in [-0.1, -0.05) is 12.1 Å². The molecule has 2 N–H and O–H groups in total. The largest absolute Gasteiger partial charge is 0.503 e. The van der Waals surface area contributed by atoms with E-state index in [0.29, 0.717) is 10.6 Å². The normalized spacial score (nSPS) is 15.9. The number of carbonyl (C=O) groups excluding carboxylic acids is 1. The van der Waals surface area contributed by atoms with Gasteiger partial charge in [0.2, 0.25) is 0 Å². The Morgan fingerprint density at radius 3 is 2.79 bits per heavy atom. The molecule has 4 nitrogen and oxygen atoms in total.